The second kappa shape index (κ2) is 6.85. The fraction of sp³-hybridized carbons (Fsp3) is 0.412. The van der Waals surface area contributed by atoms with Gasteiger partial charge in [0.05, 0.1) is 21.6 Å². The lowest BCUT2D eigenvalue weighted by molar-refractivity contribution is -0.134. The van der Waals surface area contributed by atoms with Crippen LogP contribution in [0.2, 0.25) is 5.02 Å². The van der Waals surface area contributed by atoms with E-state index in [1.54, 1.807) is 16.2 Å². The van der Waals surface area contributed by atoms with Gasteiger partial charge in [-0.15, -0.1) is 11.3 Å². The average molecular weight is 393 g/mol. The van der Waals surface area contributed by atoms with Gasteiger partial charge in [0.2, 0.25) is 5.91 Å². The number of piperidine rings is 1. The van der Waals surface area contributed by atoms with Crippen LogP contribution in [0.3, 0.4) is 0 Å². The quantitative estimate of drug-likeness (QED) is 0.784. The third kappa shape index (κ3) is 3.39. The second-order valence-electron chi connectivity index (χ2n) is 6.54. The lowest BCUT2D eigenvalue weighted by Crippen LogP contribution is -2.42. The number of imide groups is 1. The predicted octanol–water partition coefficient (Wildman–Crippen LogP) is 2.25. The van der Waals surface area contributed by atoms with Crippen LogP contribution in [0.25, 0.3) is 10.2 Å². The number of nitrogens with zero attached hydrogens (tertiary/aromatic N) is 2. The molecule has 136 valence electrons. The number of amides is 4. The Morgan fingerprint density at radius 3 is 2.77 bits per heavy atom. The summed E-state index contributed by atoms with van der Waals surface area (Å²) in [5.74, 6) is -0.224. The second-order valence-corrected chi connectivity index (χ2v) is 8.04. The molecule has 4 rings (SSSR count). The summed E-state index contributed by atoms with van der Waals surface area (Å²) in [6.07, 6.45) is 1.67. The minimum atomic E-state index is -0.762. The summed E-state index contributed by atoms with van der Waals surface area (Å²) < 4.78 is 1.12. The number of rotatable bonds is 3. The summed E-state index contributed by atoms with van der Waals surface area (Å²) >= 11 is 7.70. The zero-order valence-corrected chi connectivity index (χ0v) is 15.4. The first-order valence-corrected chi connectivity index (χ1v) is 9.64. The average Bonchev–Trinajstić information content (AvgIpc) is 3.17. The molecule has 26 heavy (non-hydrogen) atoms. The summed E-state index contributed by atoms with van der Waals surface area (Å²) in [6.45, 7) is 1.25. The van der Waals surface area contributed by atoms with E-state index >= 15 is 0 Å². The topological polar surface area (TPSA) is 91.4 Å². The van der Waals surface area contributed by atoms with Crippen LogP contribution in [0, 0.1) is 0 Å². The monoisotopic (exact) mass is 392 g/mol. The maximum Gasteiger partial charge on any atom is 0.322 e. The van der Waals surface area contributed by atoms with Gasteiger partial charge in [-0.2, -0.15) is 0 Å². The van der Waals surface area contributed by atoms with Gasteiger partial charge in [-0.05, 0) is 31.0 Å². The third-order valence-electron chi connectivity index (χ3n) is 4.80. The van der Waals surface area contributed by atoms with Crippen LogP contribution in [0.5, 0.6) is 0 Å². The fourth-order valence-corrected chi connectivity index (χ4v) is 4.66. The van der Waals surface area contributed by atoms with E-state index in [-0.39, 0.29) is 12.3 Å². The van der Waals surface area contributed by atoms with E-state index in [1.807, 2.05) is 18.2 Å². The number of aromatic nitrogens is 1. The van der Waals surface area contributed by atoms with Gasteiger partial charge in [0.1, 0.15) is 6.04 Å². The number of nitrogens with one attached hydrogen (secondary N) is 2. The SMILES string of the molecule is O=C1NC(=O)[C@@H](CC(=O)N2CCC(c3nc4cc(Cl)ccc4s3)CC2)N1. The Morgan fingerprint density at radius 1 is 1.31 bits per heavy atom. The van der Waals surface area contributed by atoms with Gasteiger partial charge in [-0.1, -0.05) is 11.6 Å². The fourth-order valence-electron chi connectivity index (χ4n) is 3.38. The van der Waals surface area contributed by atoms with Crippen LogP contribution in [0.4, 0.5) is 4.79 Å². The van der Waals surface area contributed by atoms with Crippen molar-refractivity contribution in [3.63, 3.8) is 0 Å². The van der Waals surface area contributed by atoms with Crippen molar-refractivity contribution in [3.8, 4) is 0 Å². The molecule has 0 aliphatic carbocycles. The summed E-state index contributed by atoms with van der Waals surface area (Å²) in [6, 6.07) is 4.42. The Labute approximate surface area is 158 Å². The number of hydrogen-bond acceptors (Lipinski definition) is 5. The Bertz CT molecular complexity index is 891. The van der Waals surface area contributed by atoms with Crippen LogP contribution in [0.1, 0.15) is 30.2 Å². The van der Waals surface area contributed by atoms with Crippen molar-refractivity contribution in [1.29, 1.82) is 0 Å². The van der Waals surface area contributed by atoms with Gasteiger partial charge in [0.25, 0.3) is 5.91 Å². The molecule has 0 unspecified atom stereocenters. The van der Waals surface area contributed by atoms with Crippen molar-refractivity contribution < 1.29 is 14.4 Å². The molecule has 2 aliphatic heterocycles. The van der Waals surface area contributed by atoms with Gasteiger partial charge in [0, 0.05) is 24.0 Å². The van der Waals surface area contributed by atoms with Crippen LogP contribution in [-0.2, 0) is 9.59 Å². The van der Waals surface area contributed by atoms with Gasteiger partial charge in [-0.25, -0.2) is 9.78 Å². The molecule has 1 aromatic carbocycles. The molecule has 2 aromatic rings. The van der Waals surface area contributed by atoms with Gasteiger partial charge in [-0.3, -0.25) is 14.9 Å². The van der Waals surface area contributed by atoms with Crippen LogP contribution in [-0.4, -0.2) is 46.9 Å². The number of halogens is 1. The molecule has 1 atom stereocenters. The maximum absolute atomic E-state index is 12.4. The van der Waals surface area contributed by atoms with Gasteiger partial charge in [0.15, 0.2) is 0 Å². The smallest absolute Gasteiger partial charge is 0.322 e. The Kier molecular flexibility index (Phi) is 4.54. The molecule has 7 nitrogen and oxygen atoms in total. The highest BCUT2D eigenvalue weighted by Gasteiger charge is 2.34. The Balaban J connectivity index is 1.36. The zero-order valence-electron chi connectivity index (χ0n) is 13.8. The normalized spacial score (nSPS) is 21.1. The van der Waals surface area contributed by atoms with Gasteiger partial charge >= 0.3 is 6.03 Å². The molecule has 2 aliphatic rings. The van der Waals surface area contributed by atoms with E-state index in [1.165, 1.54) is 0 Å². The van der Waals surface area contributed by atoms with E-state index in [0.717, 1.165) is 28.1 Å². The van der Waals surface area contributed by atoms with E-state index in [4.69, 9.17) is 16.6 Å². The maximum atomic E-state index is 12.4. The largest absolute Gasteiger partial charge is 0.343 e. The first kappa shape index (κ1) is 17.2. The summed E-state index contributed by atoms with van der Waals surface area (Å²) in [7, 11) is 0. The molecule has 0 spiro atoms. The van der Waals surface area contributed by atoms with E-state index in [2.05, 4.69) is 10.6 Å². The number of hydrogen-bond donors (Lipinski definition) is 2. The molecule has 0 saturated carbocycles. The van der Waals surface area contributed by atoms with Crippen molar-refractivity contribution in [2.75, 3.05) is 13.1 Å². The molecular weight excluding hydrogens is 376 g/mol. The molecule has 3 heterocycles. The van der Waals surface area contributed by atoms with E-state index < -0.39 is 18.0 Å². The summed E-state index contributed by atoms with van der Waals surface area (Å²) in [5, 5.41) is 6.36. The van der Waals surface area contributed by atoms with E-state index in [0.29, 0.717) is 24.0 Å². The van der Waals surface area contributed by atoms with E-state index in [9.17, 15) is 14.4 Å². The third-order valence-corrected chi connectivity index (χ3v) is 6.23. The molecule has 2 saturated heterocycles. The van der Waals surface area contributed by atoms with Crippen molar-refractivity contribution in [2.45, 2.75) is 31.2 Å². The molecule has 2 N–H and O–H groups in total. The number of thiazole rings is 1. The number of carbonyl (C=O) groups excluding carboxylic acids is 3. The predicted molar refractivity (Wildman–Crippen MR) is 98.3 cm³/mol. The molecule has 0 bridgehead atoms. The minimum absolute atomic E-state index is 0.00186. The molecule has 2 fully saturated rings. The lowest BCUT2D eigenvalue weighted by Gasteiger charge is -2.31. The Hall–Kier alpha value is -2.19. The number of fused-ring (bicyclic) bond motifs is 1. The number of carbonyl (C=O) groups is 3. The van der Waals surface area contributed by atoms with Gasteiger partial charge < -0.3 is 10.2 Å². The van der Waals surface area contributed by atoms with Crippen LogP contribution in [0.15, 0.2) is 18.2 Å². The van der Waals surface area contributed by atoms with Crippen LogP contribution < -0.4 is 10.6 Å². The van der Waals surface area contributed by atoms with Crippen molar-refractivity contribution in [2.24, 2.45) is 0 Å². The van der Waals surface area contributed by atoms with Crippen molar-refractivity contribution in [1.82, 2.24) is 20.5 Å². The zero-order chi connectivity index (χ0) is 18.3. The number of urea groups is 1. The highest BCUT2D eigenvalue weighted by Crippen LogP contribution is 2.34. The molecule has 9 heteroatoms. The number of benzene rings is 1. The lowest BCUT2D eigenvalue weighted by atomic mass is 9.97. The highest BCUT2D eigenvalue weighted by atomic mass is 35.5. The number of likely N-dealkylation sites (tertiary alicyclic amines) is 1. The summed E-state index contributed by atoms with van der Waals surface area (Å²) in [5.41, 5.74) is 0.916. The summed E-state index contributed by atoms with van der Waals surface area (Å²) in [4.78, 5) is 41.6. The van der Waals surface area contributed by atoms with Crippen molar-refractivity contribution in [3.05, 3.63) is 28.2 Å². The highest BCUT2D eigenvalue weighted by molar-refractivity contribution is 7.18. The first-order valence-electron chi connectivity index (χ1n) is 8.45. The Morgan fingerprint density at radius 2 is 2.08 bits per heavy atom. The van der Waals surface area contributed by atoms with Crippen LogP contribution >= 0.6 is 22.9 Å². The first-order chi connectivity index (χ1) is 12.5. The standard InChI is InChI=1S/C17H17ClN4O3S/c18-10-1-2-13-11(7-10)19-16(26-13)9-3-5-22(6-4-9)14(23)8-12-15(24)21-17(25)20-12/h1-2,7,9,12H,3-6,8H2,(H2,20,21,24,25)/t12-/m1/s1. The minimum Gasteiger partial charge on any atom is -0.343 e. The molecule has 1 aromatic heterocycles. The molecular formula is C17H17ClN4O3S. The molecule has 4 amide bonds. The van der Waals surface area contributed by atoms with Crippen molar-refractivity contribution >= 4 is 51.0 Å². The molecule has 0 radical (unpaired) electrons.